The summed E-state index contributed by atoms with van der Waals surface area (Å²) in [6.07, 6.45) is 5.16. The highest BCUT2D eigenvalue weighted by Crippen LogP contribution is 2.38. The van der Waals surface area contributed by atoms with E-state index in [9.17, 15) is 0 Å². The van der Waals surface area contributed by atoms with Crippen LogP contribution in [0, 0.1) is 5.41 Å². The molecule has 0 aliphatic heterocycles. The Morgan fingerprint density at radius 3 is 2.72 bits per heavy atom. The maximum atomic E-state index is 6.21. The first kappa shape index (κ1) is 14.6. The third kappa shape index (κ3) is 3.63. The molecule has 1 aliphatic rings. The van der Waals surface area contributed by atoms with Crippen molar-refractivity contribution in [2.24, 2.45) is 5.41 Å². The second-order valence-corrected chi connectivity index (χ2v) is 8.41. The molecule has 2 rings (SSSR count). The fraction of sp³-hybridized carbons (Fsp3) is 0.714. The van der Waals surface area contributed by atoms with Gasteiger partial charge in [0.05, 0.1) is 8.67 Å². The SMILES string of the molecule is CC(NC1CCCC(C)(C)C1)c1cc(Cl)sc1Cl. The van der Waals surface area contributed by atoms with Gasteiger partial charge in [-0.3, -0.25) is 0 Å². The lowest BCUT2D eigenvalue weighted by Gasteiger charge is -2.37. The zero-order valence-corrected chi connectivity index (χ0v) is 13.6. The Morgan fingerprint density at radius 1 is 1.44 bits per heavy atom. The Labute approximate surface area is 124 Å². The lowest BCUT2D eigenvalue weighted by Crippen LogP contribution is -2.38. The van der Waals surface area contributed by atoms with E-state index in [1.807, 2.05) is 6.07 Å². The van der Waals surface area contributed by atoms with Gasteiger partial charge in [0.2, 0.25) is 0 Å². The molecule has 102 valence electrons. The van der Waals surface area contributed by atoms with E-state index in [-0.39, 0.29) is 6.04 Å². The zero-order valence-electron chi connectivity index (χ0n) is 11.2. The number of halogens is 2. The third-order valence-corrected chi connectivity index (χ3v) is 5.36. The lowest BCUT2D eigenvalue weighted by molar-refractivity contribution is 0.191. The molecule has 1 aromatic heterocycles. The molecule has 4 heteroatoms. The minimum absolute atomic E-state index is 0.278. The highest BCUT2D eigenvalue weighted by molar-refractivity contribution is 7.20. The van der Waals surface area contributed by atoms with Gasteiger partial charge in [-0.2, -0.15) is 0 Å². The van der Waals surface area contributed by atoms with Crippen LogP contribution in [-0.4, -0.2) is 6.04 Å². The molecule has 1 nitrogen and oxygen atoms in total. The summed E-state index contributed by atoms with van der Waals surface area (Å²) in [5.74, 6) is 0. The predicted molar refractivity (Wildman–Crippen MR) is 81.9 cm³/mol. The molecule has 2 atom stereocenters. The quantitative estimate of drug-likeness (QED) is 0.758. The van der Waals surface area contributed by atoms with Crippen LogP contribution < -0.4 is 5.32 Å². The summed E-state index contributed by atoms with van der Waals surface area (Å²) >= 11 is 13.7. The Hall–Kier alpha value is 0.240. The van der Waals surface area contributed by atoms with Crippen LogP contribution in [0.25, 0.3) is 0 Å². The van der Waals surface area contributed by atoms with Crippen LogP contribution in [0.3, 0.4) is 0 Å². The van der Waals surface area contributed by atoms with Gasteiger partial charge in [-0.1, -0.05) is 43.5 Å². The number of rotatable bonds is 3. The molecule has 0 aromatic carbocycles. The van der Waals surface area contributed by atoms with E-state index in [4.69, 9.17) is 23.2 Å². The van der Waals surface area contributed by atoms with Gasteiger partial charge in [-0.15, -0.1) is 11.3 Å². The number of hydrogen-bond donors (Lipinski definition) is 1. The summed E-state index contributed by atoms with van der Waals surface area (Å²) in [4.78, 5) is 0. The van der Waals surface area contributed by atoms with Crippen LogP contribution in [0.5, 0.6) is 0 Å². The minimum atomic E-state index is 0.278. The lowest BCUT2D eigenvalue weighted by atomic mass is 9.75. The van der Waals surface area contributed by atoms with Crippen molar-refractivity contribution in [3.63, 3.8) is 0 Å². The second-order valence-electron chi connectivity index (χ2n) is 6.13. The Morgan fingerprint density at radius 2 is 2.17 bits per heavy atom. The smallest absolute Gasteiger partial charge is 0.0991 e. The normalized spacial score (nSPS) is 25.1. The molecule has 1 heterocycles. The van der Waals surface area contributed by atoms with Crippen molar-refractivity contribution in [2.75, 3.05) is 0 Å². The van der Waals surface area contributed by atoms with E-state index >= 15 is 0 Å². The first-order valence-electron chi connectivity index (χ1n) is 6.58. The standard InChI is InChI=1S/C14H21Cl2NS/c1-9(11-7-12(15)18-13(11)16)17-10-5-4-6-14(2,3)8-10/h7,9-10,17H,4-6,8H2,1-3H3. The van der Waals surface area contributed by atoms with Gasteiger partial charge in [-0.25, -0.2) is 0 Å². The number of nitrogens with one attached hydrogen (secondary N) is 1. The zero-order chi connectivity index (χ0) is 13.3. The fourth-order valence-corrected chi connectivity index (χ4v) is 4.58. The summed E-state index contributed by atoms with van der Waals surface area (Å²) in [6, 6.07) is 2.86. The first-order chi connectivity index (χ1) is 8.37. The molecule has 0 amide bonds. The average Bonchev–Trinajstić information content (AvgIpc) is 2.56. The van der Waals surface area contributed by atoms with Crippen molar-refractivity contribution in [2.45, 2.75) is 58.5 Å². The highest BCUT2D eigenvalue weighted by atomic mass is 35.5. The van der Waals surface area contributed by atoms with Crippen molar-refractivity contribution >= 4 is 34.5 Å². The molecule has 0 radical (unpaired) electrons. The van der Waals surface area contributed by atoms with Crippen molar-refractivity contribution in [3.05, 3.63) is 20.3 Å². The summed E-state index contributed by atoms with van der Waals surface area (Å²) in [5, 5.41) is 3.71. The Balaban J connectivity index is 1.99. The molecule has 1 N–H and O–H groups in total. The molecular weight excluding hydrogens is 285 g/mol. The van der Waals surface area contributed by atoms with Gasteiger partial charge < -0.3 is 5.32 Å². The van der Waals surface area contributed by atoms with Crippen LogP contribution in [0.15, 0.2) is 6.07 Å². The molecule has 0 bridgehead atoms. The van der Waals surface area contributed by atoms with Crippen molar-refractivity contribution in [3.8, 4) is 0 Å². The van der Waals surface area contributed by atoms with Gasteiger partial charge in [0.15, 0.2) is 0 Å². The summed E-state index contributed by atoms with van der Waals surface area (Å²) in [5.41, 5.74) is 1.60. The van der Waals surface area contributed by atoms with Crippen molar-refractivity contribution in [1.82, 2.24) is 5.32 Å². The van der Waals surface area contributed by atoms with E-state index < -0.39 is 0 Å². The molecular formula is C14H21Cl2NS. The van der Waals surface area contributed by atoms with Gasteiger partial charge >= 0.3 is 0 Å². The first-order valence-corrected chi connectivity index (χ1v) is 8.15. The molecule has 1 saturated carbocycles. The Bertz CT molecular complexity index is 414. The fourth-order valence-electron chi connectivity index (χ4n) is 2.93. The second kappa shape index (κ2) is 5.70. The van der Waals surface area contributed by atoms with E-state index in [0.29, 0.717) is 11.5 Å². The van der Waals surface area contributed by atoms with E-state index in [1.54, 1.807) is 0 Å². The summed E-state index contributed by atoms with van der Waals surface area (Å²) < 4.78 is 1.59. The van der Waals surface area contributed by atoms with Gasteiger partial charge in [0, 0.05) is 12.1 Å². The predicted octanol–water partition coefficient (Wildman–Crippen LogP) is 5.67. The molecule has 0 spiro atoms. The maximum absolute atomic E-state index is 6.21. The third-order valence-electron chi connectivity index (χ3n) is 3.84. The topological polar surface area (TPSA) is 12.0 Å². The van der Waals surface area contributed by atoms with Gasteiger partial charge in [0.25, 0.3) is 0 Å². The van der Waals surface area contributed by atoms with Crippen LogP contribution in [0.4, 0.5) is 0 Å². The molecule has 18 heavy (non-hydrogen) atoms. The van der Waals surface area contributed by atoms with E-state index in [1.165, 1.54) is 37.0 Å². The van der Waals surface area contributed by atoms with E-state index in [0.717, 1.165) is 14.2 Å². The average molecular weight is 306 g/mol. The maximum Gasteiger partial charge on any atom is 0.0991 e. The van der Waals surface area contributed by atoms with Crippen molar-refractivity contribution < 1.29 is 0 Å². The monoisotopic (exact) mass is 305 g/mol. The summed E-state index contributed by atoms with van der Waals surface area (Å²) in [6.45, 7) is 6.89. The van der Waals surface area contributed by atoms with Gasteiger partial charge in [0.1, 0.15) is 0 Å². The molecule has 0 saturated heterocycles. The van der Waals surface area contributed by atoms with Gasteiger partial charge in [-0.05, 0) is 43.2 Å². The van der Waals surface area contributed by atoms with Crippen LogP contribution >= 0.6 is 34.5 Å². The van der Waals surface area contributed by atoms with E-state index in [2.05, 4.69) is 26.1 Å². The largest absolute Gasteiger partial charge is 0.307 e. The Kier molecular flexibility index (Phi) is 4.64. The van der Waals surface area contributed by atoms with Crippen molar-refractivity contribution in [1.29, 1.82) is 0 Å². The molecule has 1 aliphatic carbocycles. The van der Waals surface area contributed by atoms with Crippen LogP contribution in [-0.2, 0) is 0 Å². The van der Waals surface area contributed by atoms with Crippen LogP contribution in [0.1, 0.15) is 58.1 Å². The van der Waals surface area contributed by atoms with Crippen LogP contribution in [0.2, 0.25) is 8.67 Å². The molecule has 2 unspecified atom stereocenters. The highest BCUT2D eigenvalue weighted by Gasteiger charge is 2.29. The summed E-state index contributed by atoms with van der Waals surface area (Å²) in [7, 11) is 0. The molecule has 1 aromatic rings. The minimum Gasteiger partial charge on any atom is -0.307 e. The molecule has 1 fully saturated rings. The number of thiophene rings is 1. The number of hydrogen-bond acceptors (Lipinski definition) is 2.